The van der Waals surface area contributed by atoms with E-state index in [1.807, 2.05) is 49.4 Å². The minimum absolute atomic E-state index is 0.0606. The Morgan fingerprint density at radius 1 is 0.867 bits per heavy atom. The van der Waals surface area contributed by atoms with Crippen LogP contribution in [0.15, 0.2) is 66.7 Å². The molecular formula is C26H20INO2. The summed E-state index contributed by atoms with van der Waals surface area (Å²) in [6.45, 7) is 4.13. The summed E-state index contributed by atoms with van der Waals surface area (Å²) >= 11 is 2.26. The number of nitrogens with zero attached hydrogens (tertiary/aromatic N) is 1. The van der Waals surface area contributed by atoms with E-state index >= 15 is 0 Å². The Bertz CT molecular complexity index is 1220. The van der Waals surface area contributed by atoms with Gasteiger partial charge in [0, 0.05) is 14.9 Å². The fraction of sp³-hybridized carbons (Fsp3) is 0.231. The number of carbonyl (C=O) groups excluding carboxylic acids is 2. The normalized spacial score (nSPS) is 28.4. The molecule has 2 atom stereocenters. The number of hydrogen-bond donors (Lipinski definition) is 0. The second kappa shape index (κ2) is 6.03. The van der Waals surface area contributed by atoms with Crippen LogP contribution in [0.2, 0.25) is 0 Å². The molecule has 1 saturated heterocycles. The molecule has 3 aliphatic carbocycles. The maximum Gasteiger partial charge on any atom is 0.238 e. The molecule has 2 bridgehead atoms. The van der Waals surface area contributed by atoms with Gasteiger partial charge in [0.15, 0.2) is 0 Å². The zero-order chi connectivity index (χ0) is 20.8. The monoisotopic (exact) mass is 505 g/mol. The molecule has 0 saturated carbocycles. The quantitative estimate of drug-likeness (QED) is 0.338. The average molecular weight is 505 g/mol. The van der Waals surface area contributed by atoms with Gasteiger partial charge in [0.1, 0.15) is 0 Å². The summed E-state index contributed by atoms with van der Waals surface area (Å²) in [7, 11) is 0. The molecule has 2 amide bonds. The molecule has 3 aromatic carbocycles. The van der Waals surface area contributed by atoms with Crippen LogP contribution in [0.1, 0.15) is 40.7 Å². The molecule has 3 nitrogen and oxygen atoms in total. The first-order valence-electron chi connectivity index (χ1n) is 10.3. The van der Waals surface area contributed by atoms with E-state index in [0.29, 0.717) is 0 Å². The number of carbonyl (C=O) groups is 2. The molecule has 0 radical (unpaired) electrons. The molecule has 148 valence electrons. The summed E-state index contributed by atoms with van der Waals surface area (Å²) in [6, 6.07) is 22.7. The van der Waals surface area contributed by atoms with Crippen molar-refractivity contribution in [2.45, 2.75) is 25.2 Å². The predicted molar refractivity (Wildman–Crippen MR) is 125 cm³/mol. The van der Waals surface area contributed by atoms with Crippen LogP contribution >= 0.6 is 22.6 Å². The van der Waals surface area contributed by atoms with E-state index in [0.717, 1.165) is 14.8 Å². The molecule has 0 spiro atoms. The van der Waals surface area contributed by atoms with Gasteiger partial charge in [-0.05, 0) is 75.5 Å². The number of anilines is 1. The first kappa shape index (κ1) is 18.3. The van der Waals surface area contributed by atoms with Crippen LogP contribution in [0.3, 0.4) is 0 Å². The predicted octanol–water partition coefficient (Wildman–Crippen LogP) is 5.17. The summed E-state index contributed by atoms with van der Waals surface area (Å²) in [5, 5.41) is 0. The standard InChI is InChI=1S/C26H20INO2/c1-14-13-15(27)11-12-20(14)28-24(29)22-21-16-7-3-5-9-18(16)26(2,23(22)25(28)30)19-10-6-4-8-17(19)21/h3-13,21-23H,1-2H3/t21?,22-,23?,26?/m1/s1. The van der Waals surface area contributed by atoms with Crippen LogP contribution in [-0.4, -0.2) is 11.8 Å². The molecule has 1 aliphatic heterocycles. The Kier molecular flexibility index (Phi) is 3.68. The summed E-state index contributed by atoms with van der Waals surface area (Å²) < 4.78 is 1.09. The maximum atomic E-state index is 13.9. The Labute approximate surface area is 189 Å². The highest BCUT2D eigenvalue weighted by Gasteiger charge is 2.66. The Balaban J connectivity index is 1.62. The van der Waals surface area contributed by atoms with Gasteiger partial charge in [0.25, 0.3) is 0 Å². The highest BCUT2D eigenvalue weighted by molar-refractivity contribution is 14.1. The Morgan fingerprint density at radius 3 is 2.07 bits per heavy atom. The first-order chi connectivity index (χ1) is 14.4. The average Bonchev–Trinajstić information content (AvgIpc) is 3.01. The van der Waals surface area contributed by atoms with Crippen molar-refractivity contribution in [2.75, 3.05) is 4.90 Å². The van der Waals surface area contributed by atoms with Crippen molar-refractivity contribution in [1.82, 2.24) is 0 Å². The van der Waals surface area contributed by atoms with Gasteiger partial charge in [-0.2, -0.15) is 0 Å². The fourth-order valence-electron chi connectivity index (χ4n) is 6.26. The van der Waals surface area contributed by atoms with Gasteiger partial charge in [0.05, 0.1) is 17.5 Å². The van der Waals surface area contributed by atoms with E-state index in [1.165, 1.54) is 27.2 Å². The third-order valence-electron chi connectivity index (χ3n) is 7.44. The lowest BCUT2D eigenvalue weighted by Crippen LogP contribution is -2.51. The molecule has 1 unspecified atom stereocenters. The number of halogens is 1. The Hall–Kier alpha value is -2.47. The molecule has 4 heteroatoms. The van der Waals surface area contributed by atoms with Crippen molar-refractivity contribution in [1.29, 1.82) is 0 Å². The van der Waals surface area contributed by atoms with Crippen molar-refractivity contribution in [3.8, 4) is 0 Å². The van der Waals surface area contributed by atoms with Gasteiger partial charge in [-0.15, -0.1) is 0 Å². The van der Waals surface area contributed by atoms with Gasteiger partial charge >= 0.3 is 0 Å². The third kappa shape index (κ3) is 2.05. The van der Waals surface area contributed by atoms with Crippen LogP contribution in [0.4, 0.5) is 5.69 Å². The zero-order valence-corrected chi connectivity index (χ0v) is 18.9. The van der Waals surface area contributed by atoms with E-state index in [4.69, 9.17) is 0 Å². The van der Waals surface area contributed by atoms with Crippen molar-refractivity contribution in [2.24, 2.45) is 11.8 Å². The molecule has 0 aromatic heterocycles. The van der Waals surface area contributed by atoms with Crippen molar-refractivity contribution in [3.05, 3.63) is 98.1 Å². The molecule has 30 heavy (non-hydrogen) atoms. The number of hydrogen-bond acceptors (Lipinski definition) is 2. The zero-order valence-electron chi connectivity index (χ0n) is 16.7. The van der Waals surface area contributed by atoms with Gasteiger partial charge in [-0.25, -0.2) is 4.90 Å². The molecule has 0 N–H and O–H groups in total. The van der Waals surface area contributed by atoms with E-state index in [1.54, 1.807) is 0 Å². The summed E-state index contributed by atoms with van der Waals surface area (Å²) in [5.41, 5.74) is 5.94. The van der Waals surface area contributed by atoms with Crippen LogP contribution in [0.5, 0.6) is 0 Å². The number of imide groups is 1. The summed E-state index contributed by atoms with van der Waals surface area (Å²) in [6.07, 6.45) is 0. The van der Waals surface area contributed by atoms with E-state index < -0.39 is 5.41 Å². The van der Waals surface area contributed by atoms with Crippen molar-refractivity contribution in [3.63, 3.8) is 0 Å². The topological polar surface area (TPSA) is 37.4 Å². The number of aryl methyl sites for hydroxylation is 1. The number of rotatable bonds is 1. The van der Waals surface area contributed by atoms with Crippen LogP contribution in [0.25, 0.3) is 0 Å². The first-order valence-corrected chi connectivity index (χ1v) is 11.3. The van der Waals surface area contributed by atoms with E-state index in [2.05, 4.69) is 53.8 Å². The molecule has 4 aliphatic rings. The second-order valence-corrected chi connectivity index (χ2v) is 10.0. The van der Waals surface area contributed by atoms with Crippen LogP contribution < -0.4 is 4.90 Å². The van der Waals surface area contributed by atoms with Gasteiger partial charge < -0.3 is 0 Å². The van der Waals surface area contributed by atoms with Gasteiger partial charge in [-0.3, -0.25) is 9.59 Å². The van der Waals surface area contributed by atoms with E-state index in [-0.39, 0.29) is 29.6 Å². The molecule has 1 heterocycles. The van der Waals surface area contributed by atoms with Gasteiger partial charge in [-0.1, -0.05) is 55.5 Å². The summed E-state index contributed by atoms with van der Waals surface area (Å²) in [5.74, 6) is -0.931. The van der Waals surface area contributed by atoms with E-state index in [9.17, 15) is 9.59 Å². The third-order valence-corrected chi connectivity index (χ3v) is 8.11. The van der Waals surface area contributed by atoms with Crippen LogP contribution in [0, 0.1) is 22.3 Å². The lowest BCUT2D eigenvalue weighted by atomic mass is 9.48. The highest BCUT2D eigenvalue weighted by Crippen LogP contribution is 2.64. The van der Waals surface area contributed by atoms with Crippen LogP contribution in [-0.2, 0) is 15.0 Å². The number of benzene rings is 3. The van der Waals surface area contributed by atoms with Crippen molar-refractivity contribution >= 4 is 40.1 Å². The minimum atomic E-state index is -0.509. The Morgan fingerprint density at radius 2 is 1.47 bits per heavy atom. The SMILES string of the molecule is Cc1cc(I)ccc1N1C(=O)C2[C@H](C1=O)C1c3ccccc3C2(C)c2ccccc21. The smallest absolute Gasteiger partial charge is 0.238 e. The number of amides is 2. The largest absolute Gasteiger partial charge is 0.274 e. The van der Waals surface area contributed by atoms with Gasteiger partial charge in [0.2, 0.25) is 11.8 Å². The maximum absolute atomic E-state index is 13.9. The fourth-order valence-corrected chi connectivity index (χ4v) is 6.91. The molecule has 1 fully saturated rings. The molecule has 7 rings (SSSR count). The van der Waals surface area contributed by atoms with Crippen molar-refractivity contribution < 1.29 is 9.59 Å². The highest BCUT2D eigenvalue weighted by atomic mass is 127. The second-order valence-electron chi connectivity index (χ2n) is 8.80. The minimum Gasteiger partial charge on any atom is -0.274 e. The lowest BCUT2D eigenvalue weighted by Gasteiger charge is -2.52. The lowest BCUT2D eigenvalue weighted by molar-refractivity contribution is -0.123. The summed E-state index contributed by atoms with van der Waals surface area (Å²) in [4.78, 5) is 29.2. The molecule has 3 aromatic rings. The molecular weight excluding hydrogens is 485 g/mol.